The maximum atomic E-state index is 10.9. The monoisotopic (exact) mass is 201 g/mol. The van der Waals surface area contributed by atoms with E-state index in [2.05, 4.69) is 12.2 Å². The molecule has 3 heteroatoms. The average molecular weight is 201 g/mol. The summed E-state index contributed by atoms with van der Waals surface area (Å²) in [7, 11) is 1.71. The minimum Gasteiger partial charge on any atom is -0.480 e. The summed E-state index contributed by atoms with van der Waals surface area (Å²) in [5, 5.41) is 11.8. The second-order valence-corrected chi connectivity index (χ2v) is 4.05. The molecule has 2 N–H and O–H groups in total. The van der Waals surface area contributed by atoms with Crippen LogP contribution in [0.4, 0.5) is 0 Å². The molecular formula is C11H23NO2. The van der Waals surface area contributed by atoms with Crippen LogP contribution in [0.15, 0.2) is 0 Å². The van der Waals surface area contributed by atoms with Crippen molar-refractivity contribution in [3.8, 4) is 0 Å². The lowest BCUT2D eigenvalue weighted by molar-refractivity contribution is -0.144. The fourth-order valence-electron chi connectivity index (χ4n) is 1.42. The Bertz CT molecular complexity index is 171. The third-order valence-corrected chi connectivity index (χ3v) is 2.80. The first kappa shape index (κ1) is 13.4. The van der Waals surface area contributed by atoms with Gasteiger partial charge in [-0.2, -0.15) is 0 Å². The lowest BCUT2D eigenvalue weighted by atomic mass is 9.94. The zero-order valence-corrected chi connectivity index (χ0v) is 9.60. The summed E-state index contributed by atoms with van der Waals surface area (Å²) in [6.45, 7) is 3.92. The SMILES string of the molecule is CCCCCCCC(C)(NC)C(=O)O. The van der Waals surface area contributed by atoms with Crippen molar-refractivity contribution >= 4 is 5.97 Å². The number of unbranched alkanes of at least 4 members (excludes halogenated alkanes) is 4. The molecule has 0 rings (SSSR count). The van der Waals surface area contributed by atoms with Crippen LogP contribution in [0.3, 0.4) is 0 Å². The average Bonchev–Trinajstić information content (AvgIpc) is 2.17. The van der Waals surface area contributed by atoms with E-state index in [9.17, 15) is 4.79 Å². The van der Waals surface area contributed by atoms with Crippen molar-refractivity contribution in [2.45, 2.75) is 57.9 Å². The Kier molecular flexibility index (Phi) is 6.54. The molecule has 84 valence electrons. The number of carboxylic acid groups (broad SMARTS) is 1. The van der Waals surface area contributed by atoms with Gasteiger partial charge in [0.25, 0.3) is 0 Å². The molecule has 0 spiro atoms. The highest BCUT2D eigenvalue weighted by atomic mass is 16.4. The van der Waals surface area contributed by atoms with Gasteiger partial charge in [-0.15, -0.1) is 0 Å². The normalized spacial score (nSPS) is 15.1. The maximum absolute atomic E-state index is 10.9. The van der Waals surface area contributed by atoms with E-state index in [1.807, 2.05) is 0 Å². The van der Waals surface area contributed by atoms with Gasteiger partial charge in [0.05, 0.1) is 0 Å². The van der Waals surface area contributed by atoms with Gasteiger partial charge in [0.15, 0.2) is 0 Å². The van der Waals surface area contributed by atoms with Gasteiger partial charge in [-0.05, 0) is 20.4 Å². The van der Waals surface area contributed by atoms with Crippen LogP contribution < -0.4 is 5.32 Å². The van der Waals surface area contributed by atoms with Crippen molar-refractivity contribution in [1.29, 1.82) is 0 Å². The fraction of sp³-hybridized carbons (Fsp3) is 0.909. The Morgan fingerprint density at radius 2 is 1.86 bits per heavy atom. The number of carboxylic acids is 1. The molecule has 0 bridgehead atoms. The Labute approximate surface area is 86.9 Å². The van der Waals surface area contributed by atoms with Gasteiger partial charge in [-0.3, -0.25) is 4.79 Å². The van der Waals surface area contributed by atoms with E-state index in [0.717, 1.165) is 12.8 Å². The van der Waals surface area contributed by atoms with Crippen molar-refractivity contribution in [2.75, 3.05) is 7.05 Å². The lowest BCUT2D eigenvalue weighted by Crippen LogP contribution is -2.47. The third-order valence-electron chi connectivity index (χ3n) is 2.80. The van der Waals surface area contributed by atoms with Gasteiger partial charge in [0.2, 0.25) is 0 Å². The maximum Gasteiger partial charge on any atom is 0.323 e. The van der Waals surface area contributed by atoms with Crippen molar-refractivity contribution < 1.29 is 9.90 Å². The lowest BCUT2D eigenvalue weighted by Gasteiger charge is -2.23. The smallest absolute Gasteiger partial charge is 0.323 e. The van der Waals surface area contributed by atoms with Gasteiger partial charge in [0.1, 0.15) is 5.54 Å². The highest BCUT2D eigenvalue weighted by Gasteiger charge is 2.29. The Morgan fingerprint density at radius 3 is 2.29 bits per heavy atom. The minimum atomic E-state index is -0.754. The predicted octanol–water partition coefficient (Wildman–Crippen LogP) is 2.41. The van der Waals surface area contributed by atoms with Gasteiger partial charge in [0, 0.05) is 0 Å². The van der Waals surface area contributed by atoms with E-state index in [0.29, 0.717) is 6.42 Å². The summed E-state index contributed by atoms with van der Waals surface area (Å²) in [5.74, 6) is -0.754. The quantitative estimate of drug-likeness (QED) is 0.593. The van der Waals surface area contributed by atoms with Crippen LogP contribution in [-0.4, -0.2) is 23.7 Å². The summed E-state index contributed by atoms with van der Waals surface area (Å²) in [4.78, 5) is 10.9. The summed E-state index contributed by atoms with van der Waals surface area (Å²) in [6, 6.07) is 0. The molecule has 0 aliphatic heterocycles. The zero-order valence-electron chi connectivity index (χ0n) is 9.60. The summed E-state index contributed by atoms with van der Waals surface area (Å²) in [5.41, 5.74) is -0.744. The van der Waals surface area contributed by atoms with Crippen molar-refractivity contribution in [1.82, 2.24) is 5.32 Å². The van der Waals surface area contributed by atoms with Crippen LogP contribution in [0.2, 0.25) is 0 Å². The highest BCUT2D eigenvalue weighted by Crippen LogP contribution is 2.15. The molecule has 0 heterocycles. The number of hydrogen-bond acceptors (Lipinski definition) is 2. The number of nitrogens with one attached hydrogen (secondary N) is 1. The molecule has 0 aliphatic rings. The van der Waals surface area contributed by atoms with E-state index < -0.39 is 11.5 Å². The van der Waals surface area contributed by atoms with Crippen molar-refractivity contribution in [3.63, 3.8) is 0 Å². The molecule has 0 saturated carbocycles. The molecular weight excluding hydrogens is 178 g/mol. The first-order chi connectivity index (χ1) is 6.56. The number of rotatable bonds is 8. The van der Waals surface area contributed by atoms with Crippen LogP contribution >= 0.6 is 0 Å². The third kappa shape index (κ3) is 4.61. The van der Waals surface area contributed by atoms with E-state index in [-0.39, 0.29) is 0 Å². The Hall–Kier alpha value is -0.570. The molecule has 0 saturated heterocycles. The molecule has 1 atom stereocenters. The number of aliphatic carboxylic acids is 1. The summed E-state index contributed by atoms with van der Waals surface area (Å²) >= 11 is 0. The molecule has 14 heavy (non-hydrogen) atoms. The van der Waals surface area contributed by atoms with E-state index in [1.165, 1.54) is 19.3 Å². The predicted molar refractivity (Wildman–Crippen MR) is 58.5 cm³/mol. The molecule has 0 radical (unpaired) electrons. The van der Waals surface area contributed by atoms with E-state index >= 15 is 0 Å². The molecule has 3 nitrogen and oxygen atoms in total. The largest absolute Gasteiger partial charge is 0.480 e. The van der Waals surface area contributed by atoms with Crippen molar-refractivity contribution in [3.05, 3.63) is 0 Å². The van der Waals surface area contributed by atoms with Crippen LogP contribution in [0, 0.1) is 0 Å². The molecule has 0 aromatic rings. The van der Waals surface area contributed by atoms with Crippen LogP contribution in [0.25, 0.3) is 0 Å². The Balaban J connectivity index is 3.68. The topological polar surface area (TPSA) is 49.3 Å². The van der Waals surface area contributed by atoms with Crippen molar-refractivity contribution in [2.24, 2.45) is 0 Å². The minimum absolute atomic E-state index is 0.711. The Morgan fingerprint density at radius 1 is 1.29 bits per heavy atom. The summed E-state index contributed by atoms with van der Waals surface area (Å²) in [6.07, 6.45) is 6.53. The van der Waals surface area contributed by atoms with Gasteiger partial charge in [-0.1, -0.05) is 39.0 Å². The number of carbonyl (C=O) groups is 1. The molecule has 1 unspecified atom stereocenters. The van der Waals surface area contributed by atoms with Crippen LogP contribution in [0.5, 0.6) is 0 Å². The van der Waals surface area contributed by atoms with Gasteiger partial charge < -0.3 is 10.4 Å². The molecule has 0 fully saturated rings. The number of hydrogen-bond donors (Lipinski definition) is 2. The molecule has 0 aromatic carbocycles. The molecule has 0 amide bonds. The van der Waals surface area contributed by atoms with Gasteiger partial charge >= 0.3 is 5.97 Å². The van der Waals surface area contributed by atoms with E-state index in [4.69, 9.17) is 5.11 Å². The van der Waals surface area contributed by atoms with Crippen LogP contribution in [0.1, 0.15) is 52.4 Å². The zero-order chi connectivity index (χ0) is 11.0. The molecule has 0 aromatic heterocycles. The first-order valence-corrected chi connectivity index (χ1v) is 5.49. The van der Waals surface area contributed by atoms with Gasteiger partial charge in [-0.25, -0.2) is 0 Å². The van der Waals surface area contributed by atoms with Crippen LogP contribution in [-0.2, 0) is 4.79 Å². The number of likely N-dealkylation sites (N-methyl/N-ethyl adjacent to an activating group) is 1. The second kappa shape index (κ2) is 6.82. The highest BCUT2D eigenvalue weighted by molar-refractivity contribution is 5.78. The first-order valence-electron chi connectivity index (χ1n) is 5.49. The fourth-order valence-corrected chi connectivity index (χ4v) is 1.42. The standard InChI is InChI=1S/C11H23NO2/c1-4-5-6-7-8-9-11(2,12-3)10(13)14/h12H,4-9H2,1-3H3,(H,13,14). The molecule has 0 aliphatic carbocycles. The van der Waals surface area contributed by atoms with E-state index in [1.54, 1.807) is 14.0 Å². The second-order valence-electron chi connectivity index (χ2n) is 4.05. The summed E-state index contributed by atoms with van der Waals surface area (Å²) < 4.78 is 0.